The zero-order chi connectivity index (χ0) is 17.9. The molecule has 2 saturated heterocycles. The highest BCUT2D eigenvalue weighted by atomic mass is 19.1. The SMILES string of the molecule is Cc1nc(N2CCCC2)cc(N2CCN(Cc3ccc(F)cc3)CC2)n1. The van der Waals surface area contributed by atoms with Gasteiger partial charge in [-0.1, -0.05) is 12.1 Å². The molecule has 26 heavy (non-hydrogen) atoms. The van der Waals surface area contributed by atoms with Crippen LogP contribution in [0.15, 0.2) is 30.3 Å². The van der Waals surface area contributed by atoms with Crippen LogP contribution in [-0.4, -0.2) is 54.1 Å². The second-order valence-electron chi connectivity index (χ2n) is 7.22. The Hall–Kier alpha value is -2.21. The minimum Gasteiger partial charge on any atom is -0.356 e. The molecule has 0 unspecified atom stereocenters. The molecule has 2 aliphatic rings. The lowest BCUT2D eigenvalue weighted by molar-refractivity contribution is 0.249. The van der Waals surface area contributed by atoms with E-state index in [0.717, 1.165) is 68.8 Å². The van der Waals surface area contributed by atoms with Crippen molar-refractivity contribution >= 4 is 11.6 Å². The highest BCUT2D eigenvalue weighted by molar-refractivity contribution is 5.51. The molecule has 3 heterocycles. The summed E-state index contributed by atoms with van der Waals surface area (Å²) in [4.78, 5) is 16.4. The zero-order valence-electron chi connectivity index (χ0n) is 15.4. The Morgan fingerprint density at radius 1 is 0.846 bits per heavy atom. The monoisotopic (exact) mass is 355 g/mol. The molecular weight excluding hydrogens is 329 g/mol. The Bertz CT molecular complexity index is 734. The normalized spacial score (nSPS) is 18.5. The number of aryl methyl sites for hydroxylation is 1. The lowest BCUT2D eigenvalue weighted by atomic mass is 10.2. The van der Waals surface area contributed by atoms with Crippen molar-refractivity contribution in [2.75, 3.05) is 49.1 Å². The smallest absolute Gasteiger partial charge is 0.134 e. The van der Waals surface area contributed by atoms with Crippen LogP contribution < -0.4 is 9.80 Å². The first-order valence-corrected chi connectivity index (χ1v) is 9.50. The summed E-state index contributed by atoms with van der Waals surface area (Å²) in [6.07, 6.45) is 2.50. The highest BCUT2D eigenvalue weighted by Crippen LogP contribution is 2.23. The zero-order valence-corrected chi connectivity index (χ0v) is 15.4. The third kappa shape index (κ3) is 3.96. The van der Waals surface area contributed by atoms with Crippen LogP contribution in [0, 0.1) is 12.7 Å². The minimum absolute atomic E-state index is 0.175. The van der Waals surface area contributed by atoms with Gasteiger partial charge in [-0.25, -0.2) is 14.4 Å². The molecule has 0 saturated carbocycles. The number of hydrogen-bond donors (Lipinski definition) is 0. The summed E-state index contributed by atoms with van der Waals surface area (Å²) in [7, 11) is 0. The molecule has 6 heteroatoms. The third-order valence-corrected chi connectivity index (χ3v) is 5.26. The molecule has 2 aromatic rings. The number of nitrogens with zero attached hydrogens (tertiary/aromatic N) is 5. The fourth-order valence-corrected chi connectivity index (χ4v) is 3.79. The Labute approximate surface area is 154 Å². The summed E-state index contributed by atoms with van der Waals surface area (Å²) < 4.78 is 13.0. The molecule has 0 N–H and O–H groups in total. The van der Waals surface area contributed by atoms with E-state index in [1.165, 1.54) is 25.0 Å². The van der Waals surface area contributed by atoms with Gasteiger partial charge in [0.1, 0.15) is 23.3 Å². The van der Waals surface area contributed by atoms with Crippen molar-refractivity contribution < 1.29 is 4.39 Å². The molecular formula is C20H26FN5. The van der Waals surface area contributed by atoms with E-state index in [2.05, 4.69) is 30.7 Å². The molecule has 5 nitrogen and oxygen atoms in total. The molecule has 0 atom stereocenters. The molecule has 0 amide bonds. The highest BCUT2D eigenvalue weighted by Gasteiger charge is 2.21. The van der Waals surface area contributed by atoms with Crippen molar-refractivity contribution in [3.05, 3.63) is 47.5 Å². The summed E-state index contributed by atoms with van der Waals surface area (Å²) >= 11 is 0. The first-order valence-electron chi connectivity index (χ1n) is 9.50. The number of rotatable bonds is 4. The van der Waals surface area contributed by atoms with Crippen molar-refractivity contribution in [2.24, 2.45) is 0 Å². The molecule has 0 spiro atoms. The van der Waals surface area contributed by atoms with Gasteiger partial charge in [0.05, 0.1) is 0 Å². The third-order valence-electron chi connectivity index (χ3n) is 5.26. The molecule has 4 rings (SSSR count). The van der Waals surface area contributed by atoms with E-state index in [4.69, 9.17) is 0 Å². The summed E-state index contributed by atoms with van der Waals surface area (Å²) in [6.45, 7) is 8.93. The summed E-state index contributed by atoms with van der Waals surface area (Å²) in [6, 6.07) is 8.97. The van der Waals surface area contributed by atoms with Crippen LogP contribution in [0.4, 0.5) is 16.0 Å². The van der Waals surface area contributed by atoms with Crippen molar-refractivity contribution in [2.45, 2.75) is 26.3 Å². The molecule has 2 aliphatic heterocycles. The van der Waals surface area contributed by atoms with Crippen molar-refractivity contribution in [1.82, 2.24) is 14.9 Å². The number of aromatic nitrogens is 2. The maximum Gasteiger partial charge on any atom is 0.134 e. The van der Waals surface area contributed by atoms with Crippen LogP contribution in [0.25, 0.3) is 0 Å². The van der Waals surface area contributed by atoms with E-state index in [0.29, 0.717) is 0 Å². The van der Waals surface area contributed by atoms with E-state index in [1.807, 2.05) is 19.1 Å². The Morgan fingerprint density at radius 2 is 1.42 bits per heavy atom. The maximum atomic E-state index is 13.0. The van der Waals surface area contributed by atoms with Crippen molar-refractivity contribution in [1.29, 1.82) is 0 Å². The summed E-state index contributed by atoms with van der Waals surface area (Å²) in [5.74, 6) is 2.78. The first kappa shape index (κ1) is 17.2. The molecule has 0 bridgehead atoms. The Kier molecular flexibility index (Phi) is 5.02. The average molecular weight is 355 g/mol. The van der Waals surface area contributed by atoms with Gasteiger partial charge in [0.15, 0.2) is 0 Å². The van der Waals surface area contributed by atoms with E-state index in [9.17, 15) is 4.39 Å². The largest absolute Gasteiger partial charge is 0.356 e. The van der Waals surface area contributed by atoms with Gasteiger partial charge in [0.2, 0.25) is 0 Å². The Morgan fingerprint density at radius 3 is 2.04 bits per heavy atom. The molecule has 1 aromatic heterocycles. The lowest BCUT2D eigenvalue weighted by Gasteiger charge is -2.35. The van der Waals surface area contributed by atoms with E-state index in [1.54, 1.807) is 0 Å². The van der Waals surface area contributed by atoms with Gasteiger partial charge in [-0.05, 0) is 37.5 Å². The van der Waals surface area contributed by atoms with Crippen LogP contribution in [-0.2, 0) is 6.54 Å². The molecule has 138 valence electrons. The van der Waals surface area contributed by atoms with E-state index >= 15 is 0 Å². The fraction of sp³-hybridized carbons (Fsp3) is 0.500. The maximum absolute atomic E-state index is 13.0. The van der Waals surface area contributed by atoms with Gasteiger partial charge in [-0.2, -0.15) is 0 Å². The summed E-state index contributed by atoms with van der Waals surface area (Å²) in [5.41, 5.74) is 1.16. The number of halogens is 1. The van der Waals surface area contributed by atoms with Crippen LogP contribution in [0.3, 0.4) is 0 Å². The molecule has 2 fully saturated rings. The van der Waals surface area contributed by atoms with Crippen molar-refractivity contribution in [3.8, 4) is 0 Å². The van der Waals surface area contributed by atoms with Gasteiger partial charge in [0, 0.05) is 51.9 Å². The van der Waals surface area contributed by atoms with Gasteiger partial charge in [-0.3, -0.25) is 4.90 Å². The number of hydrogen-bond acceptors (Lipinski definition) is 5. The second kappa shape index (κ2) is 7.58. The Balaban J connectivity index is 1.39. The lowest BCUT2D eigenvalue weighted by Crippen LogP contribution is -2.46. The van der Waals surface area contributed by atoms with E-state index in [-0.39, 0.29) is 5.82 Å². The first-order chi connectivity index (χ1) is 12.7. The second-order valence-corrected chi connectivity index (χ2v) is 7.22. The van der Waals surface area contributed by atoms with Crippen LogP contribution >= 0.6 is 0 Å². The summed E-state index contributed by atoms with van der Waals surface area (Å²) in [5, 5.41) is 0. The molecule has 0 aliphatic carbocycles. The topological polar surface area (TPSA) is 35.5 Å². The number of piperazine rings is 1. The number of benzene rings is 1. The van der Waals surface area contributed by atoms with Gasteiger partial charge in [0.25, 0.3) is 0 Å². The number of anilines is 2. The quantitative estimate of drug-likeness (QED) is 0.843. The molecule has 0 radical (unpaired) electrons. The van der Waals surface area contributed by atoms with Gasteiger partial charge < -0.3 is 9.80 Å². The predicted octanol–water partition coefficient (Wildman–Crippen LogP) is 2.85. The van der Waals surface area contributed by atoms with E-state index < -0.39 is 0 Å². The van der Waals surface area contributed by atoms with Crippen LogP contribution in [0.5, 0.6) is 0 Å². The van der Waals surface area contributed by atoms with Crippen LogP contribution in [0.2, 0.25) is 0 Å². The molecule has 1 aromatic carbocycles. The van der Waals surface area contributed by atoms with Gasteiger partial charge >= 0.3 is 0 Å². The average Bonchev–Trinajstić information content (AvgIpc) is 3.19. The standard InChI is InChI=1S/C20H26FN5/c1-16-22-19(25-8-2-3-9-25)14-20(23-16)26-12-10-24(11-13-26)15-17-4-6-18(21)7-5-17/h4-7,14H,2-3,8-13,15H2,1H3. The fourth-order valence-electron chi connectivity index (χ4n) is 3.79. The predicted molar refractivity (Wildman–Crippen MR) is 102 cm³/mol. The van der Waals surface area contributed by atoms with Gasteiger partial charge in [-0.15, -0.1) is 0 Å². The minimum atomic E-state index is -0.175. The van der Waals surface area contributed by atoms with Crippen molar-refractivity contribution in [3.63, 3.8) is 0 Å². The van der Waals surface area contributed by atoms with Crippen LogP contribution in [0.1, 0.15) is 24.2 Å².